The SMILES string of the molecule is CCN(CC)S(=O)(=O)c1ccc(N2CCCC(CNS(C)(=O)=O)C2)c([N+](=O)[O-])c1. The van der Waals surface area contributed by atoms with Gasteiger partial charge in [-0.3, -0.25) is 10.1 Å². The van der Waals surface area contributed by atoms with Crippen LogP contribution in [0, 0.1) is 16.0 Å². The van der Waals surface area contributed by atoms with E-state index >= 15 is 0 Å². The topological polar surface area (TPSA) is 130 Å². The summed E-state index contributed by atoms with van der Waals surface area (Å²) in [4.78, 5) is 12.8. The van der Waals surface area contributed by atoms with Gasteiger partial charge in [-0.15, -0.1) is 0 Å². The molecule has 10 nitrogen and oxygen atoms in total. The van der Waals surface area contributed by atoms with Crippen LogP contribution in [-0.4, -0.2) is 65.0 Å². The zero-order chi connectivity index (χ0) is 21.8. The van der Waals surface area contributed by atoms with E-state index in [1.54, 1.807) is 13.8 Å². The van der Waals surface area contributed by atoms with Crippen LogP contribution in [0.1, 0.15) is 26.7 Å². The molecule has 1 N–H and O–H groups in total. The van der Waals surface area contributed by atoms with Gasteiger partial charge in [0.25, 0.3) is 5.69 Å². The molecular weight excluding hydrogens is 420 g/mol. The predicted octanol–water partition coefficient (Wildman–Crippen LogP) is 1.39. The van der Waals surface area contributed by atoms with Gasteiger partial charge in [0.15, 0.2) is 0 Å². The molecule has 0 radical (unpaired) electrons. The highest BCUT2D eigenvalue weighted by Gasteiger charge is 2.29. The van der Waals surface area contributed by atoms with Gasteiger partial charge in [-0.1, -0.05) is 13.8 Å². The maximum absolute atomic E-state index is 12.7. The van der Waals surface area contributed by atoms with Gasteiger partial charge < -0.3 is 4.90 Å². The van der Waals surface area contributed by atoms with E-state index < -0.39 is 25.0 Å². The number of nitro benzene ring substituents is 1. The van der Waals surface area contributed by atoms with Crippen molar-refractivity contribution >= 4 is 31.4 Å². The summed E-state index contributed by atoms with van der Waals surface area (Å²) in [6.07, 6.45) is 2.65. The first-order valence-electron chi connectivity index (χ1n) is 9.47. The fourth-order valence-corrected chi connectivity index (χ4v) is 5.53. The molecule has 1 unspecified atom stereocenters. The Morgan fingerprint density at radius 1 is 1.24 bits per heavy atom. The lowest BCUT2D eigenvalue weighted by atomic mass is 9.97. The second-order valence-electron chi connectivity index (χ2n) is 7.07. The van der Waals surface area contributed by atoms with Crippen LogP contribution >= 0.6 is 0 Å². The molecule has 1 aliphatic rings. The first-order chi connectivity index (χ1) is 13.5. The number of piperidine rings is 1. The Balaban J connectivity index is 2.32. The fraction of sp³-hybridized carbons (Fsp3) is 0.647. The van der Waals surface area contributed by atoms with Gasteiger partial charge in [0.1, 0.15) is 5.69 Å². The minimum atomic E-state index is -3.81. The van der Waals surface area contributed by atoms with Gasteiger partial charge in [0, 0.05) is 38.8 Å². The molecule has 0 amide bonds. The zero-order valence-corrected chi connectivity index (χ0v) is 18.5. The highest BCUT2D eigenvalue weighted by atomic mass is 32.2. The first-order valence-corrected chi connectivity index (χ1v) is 12.8. The number of nitro groups is 1. The highest BCUT2D eigenvalue weighted by molar-refractivity contribution is 7.89. The van der Waals surface area contributed by atoms with E-state index in [1.165, 1.54) is 16.4 Å². The molecule has 1 saturated heterocycles. The van der Waals surface area contributed by atoms with E-state index in [4.69, 9.17) is 0 Å². The Hall–Kier alpha value is -1.76. The van der Waals surface area contributed by atoms with Crippen molar-refractivity contribution in [2.75, 3.05) is 43.9 Å². The molecule has 0 aromatic heterocycles. The molecule has 0 bridgehead atoms. The van der Waals surface area contributed by atoms with Gasteiger partial charge in [-0.2, -0.15) is 4.31 Å². The van der Waals surface area contributed by atoms with Crippen molar-refractivity contribution in [3.8, 4) is 0 Å². The molecule has 12 heteroatoms. The number of anilines is 1. The number of nitrogens with one attached hydrogen (secondary N) is 1. The van der Waals surface area contributed by atoms with Gasteiger partial charge in [0.05, 0.1) is 16.1 Å². The Morgan fingerprint density at radius 2 is 1.90 bits per heavy atom. The van der Waals surface area contributed by atoms with Crippen LogP contribution in [0.5, 0.6) is 0 Å². The van der Waals surface area contributed by atoms with Gasteiger partial charge in [0.2, 0.25) is 20.0 Å². The van der Waals surface area contributed by atoms with Gasteiger partial charge >= 0.3 is 0 Å². The molecule has 0 aliphatic carbocycles. The van der Waals surface area contributed by atoms with Crippen LogP contribution in [0.25, 0.3) is 0 Å². The van der Waals surface area contributed by atoms with E-state index in [9.17, 15) is 26.9 Å². The van der Waals surface area contributed by atoms with Crippen molar-refractivity contribution in [2.45, 2.75) is 31.6 Å². The maximum Gasteiger partial charge on any atom is 0.293 e. The molecule has 0 saturated carbocycles. The summed E-state index contributed by atoms with van der Waals surface area (Å²) in [7, 11) is -7.12. The standard InChI is InChI=1S/C17H28N4O6S2/c1-4-20(5-2)29(26,27)15-8-9-16(17(11-15)21(22)23)19-10-6-7-14(13-19)12-18-28(3,24)25/h8-9,11,14,18H,4-7,10,12-13H2,1-3H3. The van der Waals surface area contributed by atoms with Crippen molar-refractivity contribution in [1.82, 2.24) is 9.03 Å². The zero-order valence-electron chi connectivity index (χ0n) is 16.9. The molecule has 1 heterocycles. The molecule has 2 rings (SSSR count). The van der Waals surface area contributed by atoms with E-state index in [2.05, 4.69) is 4.72 Å². The summed E-state index contributed by atoms with van der Waals surface area (Å²) in [5, 5.41) is 11.7. The fourth-order valence-electron chi connectivity index (χ4n) is 3.51. The van der Waals surface area contributed by atoms with Crippen molar-refractivity contribution in [3.05, 3.63) is 28.3 Å². The molecule has 164 valence electrons. The molecule has 0 spiro atoms. The molecule has 29 heavy (non-hydrogen) atoms. The van der Waals surface area contributed by atoms with E-state index in [0.717, 1.165) is 25.2 Å². The van der Waals surface area contributed by atoms with Crippen LogP contribution in [-0.2, 0) is 20.0 Å². The van der Waals surface area contributed by atoms with Crippen molar-refractivity contribution in [1.29, 1.82) is 0 Å². The van der Waals surface area contributed by atoms with Crippen molar-refractivity contribution < 1.29 is 21.8 Å². The van der Waals surface area contributed by atoms with Crippen LogP contribution < -0.4 is 9.62 Å². The molecule has 1 fully saturated rings. The Labute approximate surface area is 172 Å². The lowest BCUT2D eigenvalue weighted by molar-refractivity contribution is -0.384. The average Bonchev–Trinajstić information content (AvgIpc) is 2.66. The number of nitrogens with zero attached hydrogens (tertiary/aromatic N) is 3. The van der Waals surface area contributed by atoms with Gasteiger partial charge in [-0.25, -0.2) is 21.6 Å². The Bertz CT molecular complexity index is 945. The van der Waals surface area contributed by atoms with Crippen molar-refractivity contribution in [3.63, 3.8) is 0 Å². The summed E-state index contributed by atoms with van der Waals surface area (Å²) in [6, 6.07) is 3.98. The lowest BCUT2D eigenvalue weighted by Gasteiger charge is -2.34. The first kappa shape index (κ1) is 23.5. The smallest absolute Gasteiger partial charge is 0.293 e. The Morgan fingerprint density at radius 3 is 2.45 bits per heavy atom. The second kappa shape index (κ2) is 9.37. The Kier molecular flexibility index (Phi) is 7.60. The monoisotopic (exact) mass is 448 g/mol. The normalized spacial score (nSPS) is 18.2. The minimum Gasteiger partial charge on any atom is -0.366 e. The number of benzene rings is 1. The van der Waals surface area contributed by atoms with Crippen LogP contribution in [0.15, 0.2) is 23.1 Å². The van der Waals surface area contributed by atoms with Crippen LogP contribution in [0.3, 0.4) is 0 Å². The molecule has 1 aromatic rings. The van der Waals surface area contributed by atoms with Crippen LogP contribution in [0.2, 0.25) is 0 Å². The average molecular weight is 449 g/mol. The summed E-state index contributed by atoms with van der Waals surface area (Å²) in [5.41, 5.74) is 0.0764. The quantitative estimate of drug-likeness (QED) is 0.446. The lowest BCUT2D eigenvalue weighted by Crippen LogP contribution is -2.41. The second-order valence-corrected chi connectivity index (χ2v) is 10.8. The van der Waals surface area contributed by atoms with E-state index in [-0.39, 0.29) is 36.1 Å². The third kappa shape index (κ3) is 5.87. The highest BCUT2D eigenvalue weighted by Crippen LogP contribution is 2.34. The van der Waals surface area contributed by atoms with Gasteiger partial charge in [-0.05, 0) is 30.9 Å². The van der Waals surface area contributed by atoms with E-state index in [0.29, 0.717) is 18.8 Å². The largest absolute Gasteiger partial charge is 0.366 e. The number of hydrogen-bond acceptors (Lipinski definition) is 7. The maximum atomic E-state index is 12.7. The summed E-state index contributed by atoms with van der Waals surface area (Å²) in [6.45, 7) is 5.26. The van der Waals surface area contributed by atoms with E-state index in [1.807, 2.05) is 4.90 Å². The summed E-state index contributed by atoms with van der Waals surface area (Å²) < 4.78 is 51.8. The molecule has 1 aliphatic heterocycles. The number of rotatable bonds is 9. The number of hydrogen-bond donors (Lipinski definition) is 1. The van der Waals surface area contributed by atoms with Crippen molar-refractivity contribution in [2.24, 2.45) is 5.92 Å². The molecule has 1 aromatic carbocycles. The number of sulfonamides is 2. The summed E-state index contributed by atoms with van der Waals surface area (Å²) in [5.74, 6) is 0.0113. The molecule has 1 atom stereocenters. The third-order valence-electron chi connectivity index (χ3n) is 4.98. The van der Waals surface area contributed by atoms with Crippen LogP contribution in [0.4, 0.5) is 11.4 Å². The summed E-state index contributed by atoms with van der Waals surface area (Å²) >= 11 is 0. The minimum absolute atomic E-state index is 0.0113. The molecular formula is C17H28N4O6S2. The third-order valence-corrected chi connectivity index (χ3v) is 7.72. The predicted molar refractivity (Wildman–Crippen MR) is 111 cm³/mol.